The highest BCUT2D eigenvalue weighted by Crippen LogP contribution is 2.44. The van der Waals surface area contributed by atoms with Crippen LogP contribution in [-0.4, -0.2) is 4.57 Å². The topological polar surface area (TPSA) is 21.3 Å². The van der Waals surface area contributed by atoms with Crippen LogP contribution < -0.4 is 4.90 Å². The number of rotatable bonds is 8. The van der Waals surface area contributed by atoms with Gasteiger partial charge in [-0.2, -0.15) is 0 Å². The molecule has 0 atom stereocenters. The van der Waals surface area contributed by atoms with E-state index in [1.54, 1.807) is 0 Å². The number of fused-ring (bicyclic) bond motifs is 7. The molecule has 0 fully saturated rings. The molecule has 0 radical (unpaired) electrons. The first-order chi connectivity index (χ1) is 33.2. The van der Waals surface area contributed by atoms with E-state index in [0.717, 1.165) is 78.1 Å². The van der Waals surface area contributed by atoms with Gasteiger partial charge in [-0.05, 0) is 105 Å². The highest BCUT2D eigenvalue weighted by atomic mass is 16.3. The zero-order valence-corrected chi connectivity index (χ0v) is 36.6. The van der Waals surface area contributed by atoms with Crippen LogP contribution in [0.25, 0.3) is 105 Å². The van der Waals surface area contributed by atoms with Gasteiger partial charge in [0.15, 0.2) is 0 Å². The van der Waals surface area contributed by atoms with Gasteiger partial charge in [0.25, 0.3) is 0 Å². The van der Waals surface area contributed by atoms with Crippen molar-refractivity contribution in [2.75, 3.05) is 4.90 Å². The van der Waals surface area contributed by atoms with E-state index in [-0.39, 0.29) is 0 Å². The zero-order chi connectivity index (χ0) is 44.3. The van der Waals surface area contributed by atoms with Crippen LogP contribution >= 0.6 is 0 Å². The van der Waals surface area contributed by atoms with E-state index in [1.807, 2.05) is 12.1 Å². The predicted octanol–water partition coefficient (Wildman–Crippen LogP) is 18.0. The van der Waals surface area contributed by atoms with E-state index >= 15 is 0 Å². The minimum absolute atomic E-state index is 0.899. The van der Waals surface area contributed by atoms with Gasteiger partial charge in [-0.1, -0.05) is 194 Å². The summed E-state index contributed by atoms with van der Waals surface area (Å²) in [5.41, 5.74) is 17.7. The second kappa shape index (κ2) is 16.0. The molecule has 0 saturated heterocycles. The van der Waals surface area contributed by atoms with Crippen molar-refractivity contribution in [2.45, 2.75) is 0 Å². The number of para-hydroxylation sites is 5. The molecule has 0 aliphatic carbocycles. The number of benzene rings is 11. The lowest BCUT2D eigenvalue weighted by Crippen LogP contribution is -2.10. The van der Waals surface area contributed by atoms with E-state index in [1.165, 1.54) is 43.7 Å². The summed E-state index contributed by atoms with van der Waals surface area (Å²) in [6, 6.07) is 91.9. The second-order valence-corrected chi connectivity index (χ2v) is 17.2. The van der Waals surface area contributed by atoms with Crippen molar-refractivity contribution < 1.29 is 4.42 Å². The van der Waals surface area contributed by atoms with Crippen LogP contribution in [-0.2, 0) is 0 Å². The maximum atomic E-state index is 6.53. The summed E-state index contributed by atoms with van der Waals surface area (Å²) >= 11 is 0. The second-order valence-electron chi connectivity index (χ2n) is 17.2. The highest BCUT2D eigenvalue weighted by Gasteiger charge is 2.20. The number of nitrogens with zero attached hydrogens (tertiary/aromatic N) is 2. The average molecular weight is 855 g/mol. The molecule has 0 aliphatic heterocycles. The van der Waals surface area contributed by atoms with Crippen LogP contribution in [0.2, 0.25) is 0 Å². The lowest BCUT2D eigenvalue weighted by Gasteiger charge is -2.27. The Morgan fingerprint density at radius 2 is 0.806 bits per heavy atom. The quantitative estimate of drug-likeness (QED) is 0.152. The normalized spacial score (nSPS) is 11.6. The van der Waals surface area contributed by atoms with Gasteiger partial charge in [0.1, 0.15) is 11.2 Å². The molecule has 0 N–H and O–H groups in total. The molecule has 0 bridgehead atoms. The molecule has 2 heterocycles. The van der Waals surface area contributed by atoms with Crippen molar-refractivity contribution in [2.24, 2.45) is 0 Å². The summed E-state index contributed by atoms with van der Waals surface area (Å²) in [5.74, 6) is 0. The number of anilines is 3. The minimum atomic E-state index is 0.899. The molecule has 3 heteroatoms. The standard InChI is InChI=1S/C64H42N2O/c1-2-20-50-43(16-1)17-14-27-51(50)44-34-38-47(39-35-44)65(48-40-36-45(37-41-48)52-21-3-4-23-54(52)58-28-15-29-59-57-26-8-12-33-63(57)67-64(58)59)49-19-13-18-46(42-49)53-22-5-9-30-60(53)66-61-31-10-6-24-55(61)56-25-7-11-32-62(56)66/h1-42H. The Kier molecular flexibility index (Phi) is 9.17. The Labute approximate surface area is 388 Å². The summed E-state index contributed by atoms with van der Waals surface area (Å²) in [5, 5.41) is 7.23. The van der Waals surface area contributed by atoms with Crippen LogP contribution in [0.1, 0.15) is 0 Å². The molecular weight excluding hydrogens is 813 g/mol. The minimum Gasteiger partial charge on any atom is -0.455 e. The van der Waals surface area contributed by atoms with Crippen molar-refractivity contribution in [3.8, 4) is 50.2 Å². The lowest BCUT2D eigenvalue weighted by atomic mass is 9.93. The van der Waals surface area contributed by atoms with E-state index in [9.17, 15) is 0 Å². The SMILES string of the molecule is c1cc(-c2ccccc2-n2c3ccccc3c3ccccc32)cc(N(c2ccc(-c3ccccc3-c3cccc4c3oc3ccccc34)cc2)c2ccc(-c3cccc4ccccc34)cc2)c1. The van der Waals surface area contributed by atoms with E-state index in [0.29, 0.717) is 0 Å². The summed E-state index contributed by atoms with van der Waals surface area (Å²) in [6.07, 6.45) is 0. The maximum Gasteiger partial charge on any atom is 0.143 e. The van der Waals surface area contributed by atoms with Crippen molar-refractivity contribution in [1.82, 2.24) is 4.57 Å². The molecule has 314 valence electrons. The van der Waals surface area contributed by atoms with Crippen molar-refractivity contribution in [3.05, 3.63) is 255 Å². The van der Waals surface area contributed by atoms with Crippen LogP contribution in [0.4, 0.5) is 17.1 Å². The van der Waals surface area contributed by atoms with Gasteiger partial charge >= 0.3 is 0 Å². The van der Waals surface area contributed by atoms with Gasteiger partial charge in [-0.25, -0.2) is 0 Å². The summed E-state index contributed by atoms with van der Waals surface area (Å²) in [4.78, 5) is 2.38. The van der Waals surface area contributed by atoms with Crippen LogP contribution in [0, 0.1) is 0 Å². The zero-order valence-electron chi connectivity index (χ0n) is 36.6. The number of furan rings is 1. The maximum absolute atomic E-state index is 6.53. The first-order valence-corrected chi connectivity index (χ1v) is 22.9. The van der Waals surface area contributed by atoms with Crippen LogP contribution in [0.3, 0.4) is 0 Å². The fraction of sp³-hybridized carbons (Fsp3) is 0. The predicted molar refractivity (Wildman–Crippen MR) is 282 cm³/mol. The van der Waals surface area contributed by atoms with Crippen molar-refractivity contribution >= 4 is 71.6 Å². The monoisotopic (exact) mass is 854 g/mol. The van der Waals surface area contributed by atoms with Gasteiger partial charge in [-0.3, -0.25) is 0 Å². The van der Waals surface area contributed by atoms with Crippen molar-refractivity contribution in [3.63, 3.8) is 0 Å². The summed E-state index contributed by atoms with van der Waals surface area (Å²) in [7, 11) is 0. The highest BCUT2D eigenvalue weighted by molar-refractivity contribution is 6.11. The summed E-state index contributed by atoms with van der Waals surface area (Å²) in [6.45, 7) is 0. The Balaban J connectivity index is 0.939. The van der Waals surface area contributed by atoms with E-state index in [4.69, 9.17) is 4.42 Å². The fourth-order valence-corrected chi connectivity index (χ4v) is 10.3. The third-order valence-electron chi connectivity index (χ3n) is 13.4. The van der Waals surface area contributed by atoms with Crippen LogP contribution in [0.15, 0.2) is 259 Å². The molecule has 3 nitrogen and oxygen atoms in total. The number of hydrogen-bond acceptors (Lipinski definition) is 2. The van der Waals surface area contributed by atoms with Gasteiger partial charge in [0, 0.05) is 49.7 Å². The molecule has 11 aromatic carbocycles. The van der Waals surface area contributed by atoms with E-state index in [2.05, 4.69) is 252 Å². The van der Waals surface area contributed by atoms with E-state index < -0.39 is 0 Å². The van der Waals surface area contributed by atoms with Gasteiger partial charge in [0.05, 0.1) is 16.7 Å². The molecule has 13 aromatic rings. The third-order valence-corrected chi connectivity index (χ3v) is 13.4. The first-order valence-electron chi connectivity index (χ1n) is 22.9. The number of aromatic nitrogens is 1. The molecular formula is C64H42N2O. The van der Waals surface area contributed by atoms with Crippen molar-refractivity contribution in [1.29, 1.82) is 0 Å². The third kappa shape index (κ3) is 6.51. The first kappa shape index (κ1) is 38.5. The molecule has 13 rings (SSSR count). The average Bonchev–Trinajstić information content (AvgIpc) is 3.95. The lowest BCUT2D eigenvalue weighted by molar-refractivity contribution is 0.670. The molecule has 67 heavy (non-hydrogen) atoms. The molecule has 0 amide bonds. The molecule has 0 unspecified atom stereocenters. The molecule has 0 aliphatic rings. The molecule has 0 spiro atoms. The fourth-order valence-electron chi connectivity index (χ4n) is 10.3. The van der Waals surface area contributed by atoms with Gasteiger partial charge < -0.3 is 13.9 Å². The van der Waals surface area contributed by atoms with Gasteiger partial charge in [-0.15, -0.1) is 0 Å². The molecule has 0 saturated carbocycles. The van der Waals surface area contributed by atoms with Crippen LogP contribution in [0.5, 0.6) is 0 Å². The number of hydrogen-bond donors (Lipinski definition) is 0. The Hall–Kier alpha value is -8.92. The Morgan fingerprint density at radius 3 is 1.55 bits per heavy atom. The Morgan fingerprint density at radius 1 is 0.299 bits per heavy atom. The Bertz CT molecular complexity index is 3930. The largest absolute Gasteiger partial charge is 0.455 e. The van der Waals surface area contributed by atoms with Gasteiger partial charge in [0.2, 0.25) is 0 Å². The summed E-state index contributed by atoms with van der Waals surface area (Å²) < 4.78 is 8.95. The molecule has 2 aromatic heterocycles. The smallest absolute Gasteiger partial charge is 0.143 e.